The van der Waals surface area contributed by atoms with Crippen molar-refractivity contribution in [3.8, 4) is 5.69 Å². The molecule has 21 heavy (non-hydrogen) atoms. The van der Waals surface area contributed by atoms with Crippen molar-refractivity contribution in [1.82, 2.24) is 9.55 Å². The first-order valence-corrected chi connectivity index (χ1v) is 6.90. The first kappa shape index (κ1) is 13.6. The van der Waals surface area contributed by atoms with Crippen LogP contribution in [0.15, 0.2) is 42.5 Å². The second-order valence-corrected chi connectivity index (χ2v) is 5.01. The summed E-state index contributed by atoms with van der Waals surface area (Å²) in [5.74, 6) is 0.841. The second-order valence-electron chi connectivity index (χ2n) is 4.60. The lowest BCUT2D eigenvalue weighted by Gasteiger charge is -2.08. The van der Waals surface area contributed by atoms with Crippen LogP contribution in [0.1, 0.15) is 12.7 Å². The minimum absolute atomic E-state index is 0.118. The van der Waals surface area contributed by atoms with E-state index in [-0.39, 0.29) is 10.7 Å². The molecule has 0 fully saturated rings. The van der Waals surface area contributed by atoms with Gasteiger partial charge in [0, 0.05) is 18.2 Å². The molecular weight excluding hydrogens is 290 g/mol. The number of rotatable bonds is 3. The lowest BCUT2D eigenvalue weighted by molar-refractivity contribution is -0.384. The fourth-order valence-electron chi connectivity index (χ4n) is 2.38. The number of fused-ring (bicyclic) bond motifs is 1. The third-order valence-electron chi connectivity index (χ3n) is 3.32. The topological polar surface area (TPSA) is 61.0 Å². The predicted octanol–water partition coefficient (Wildman–Crippen LogP) is 4.15. The molecule has 0 N–H and O–H groups in total. The molecule has 2 aromatic carbocycles. The molecule has 0 amide bonds. The highest BCUT2D eigenvalue weighted by molar-refractivity contribution is 6.33. The molecule has 3 rings (SSSR count). The Bertz CT molecular complexity index is 828. The molecule has 0 saturated heterocycles. The van der Waals surface area contributed by atoms with Crippen LogP contribution in [0.5, 0.6) is 0 Å². The Morgan fingerprint density at radius 2 is 2.00 bits per heavy atom. The number of hydrogen-bond donors (Lipinski definition) is 0. The maximum absolute atomic E-state index is 11.0. The quantitative estimate of drug-likeness (QED) is 0.539. The molecule has 0 aliphatic rings. The van der Waals surface area contributed by atoms with E-state index in [0.717, 1.165) is 23.4 Å². The van der Waals surface area contributed by atoms with Crippen molar-refractivity contribution in [2.75, 3.05) is 0 Å². The largest absolute Gasteiger partial charge is 0.296 e. The number of nitro groups is 1. The van der Waals surface area contributed by atoms with E-state index < -0.39 is 4.92 Å². The van der Waals surface area contributed by atoms with Crippen molar-refractivity contribution in [3.63, 3.8) is 0 Å². The molecule has 106 valence electrons. The van der Waals surface area contributed by atoms with Crippen LogP contribution in [0.2, 0.25) is 5.02 Å². The Labute approximate surface area is 125 Å². The average Bonchev–Trinajstić information content (AvgIpc) is 2.84. The van der Waals surface area contributed by atoms with Crippen molar-refractivity contribution < 1.29 is 4.92 Å². The van der Waals surface area contributed by atoms with Crippen molar-refractivity contribution >= 4 is 28.3 Å². The minimum Gasteiger partial charge on any atom is -0.296 e. The zero-order chi connectivity index (χ0) is 15.0. The Hall–Kier alpha value is -2.40. The Kier molecular flexibility index (Phi) is 3.35. The van der Waals surface area contributed by atoms with Crippen molar-refractivity contribution in [2.24, 2.45) is 0 Å². The number of nitrogens with zero attached hydrogens (tertiary/aromatic N) is 3. The summed E-state index contributed by atoms with van der Waals surface area (Å²) in [5.41, 5.74) is 2.19. The normalized spacial score (nSPS) is 11.0. The predicted molar refractivity (Wildman–Crippen MR) is 82.1 cm³/mol. The summed E-state index contributed by atoms with van der Waals surface area (Å²) in [7, 11) is 0. The van der Waals surface area contributed by atoms with E-state index in [1.165, 1.54) is 6.07 Å². The number of aryl methyl sites for hydroxylation is 1. The van der Waals surface area contributed by atoms with Gasteiger partial charge < -0.3 is 0 Å². The Morgan fingerprint density at radius 1 is 1.29 bits per heavy atom. The standard InChI is InChI=1S/C15H12ClN3O2/c1-2-15-17-12-9-13(19(20)21)11(16)8-14(12)18(15)10-6-4-3-5-7-10/h3-9H,2H2,1H3. The molecule has 6 heteroatoms. The number of imidazole rings is 1. The van der Waals surface area contributed by atoms with Gasteiger partial charge in [-0.15, -0.1) is 0 Å². The van der Waals surface area contributed by atoms with Gasteiger partial charge in [0.2, 0.25) is 0 Å². The zero-order valence-electron chi connectivity index (χ0n) is 11.3. The molecule has 0 radical (unpaired) electrons. The van der Waals surface area contributed by atoms with Gasteiger partial charge in [0.25, 0.3) is 5.69 Å². The van der Waals surface area contributed by atoms with Crippen LogP contribution in [-0.4, -0.2) is 14.5 Å². The van der Waals surface area contributed by atoms with E-state index >= 15 is 0 Å². The van der Waals surface area contributed by atoms with Gasteiger partial charge in [0.05, 0.1) is 16.0 Å². The maximum atomic E-state index is 11.0. The molecule has 0 bridgehead atoms. The SMILES string of the molecule is CCc1nc2cc([N+](=O)[O-])c(Cl)cc2n1-c1ccccc1. The van der Waals surface area contributed by atoms with E-state index in [4.69, 9.17) is 11.6 Å². The first-order valence-electron chi connectivity index (χ1n) is 6.52. The molecule has 0 spiro atoms. The highest BCUT2D eigenvalue weighted by atomic mass is 35.5. The number of benzene rings is 2. The number of nitro benzene ring substituents is 1. The van der Waals surface area contributed by atoms with Crippen LogP contribution >= 0.6 is 11.6 Å². The number of para-hydroxylation sites is 1. The zero-order valence-corrected chi connectivity index (χ0v) is 12.0. The molecule has 0 unspecified atom stereocenters. The summed E-state index contributed by atoms with van der Waals surface area (Å²) in [5, 5.41) is 11.1. The summed E-state index contributed by atoms with van der Waals surface area (Å²) in [6.07, 6.45) is 0.717. The summed E-state index contributed by atoms with van der Waals surface area (Å²) in [6.45, 7) is 2.00. The molecule has 1 heterocycles. The summed E-state index contributed by atoms with van der Waals surface area (Å²) < 4.78 is 1.98. The third-order valence-corrected chi connectivity index (χ3v) is 3.62. The second kappa shape index (κ2) is 5.18. The number of aromatic nitrogens is 2. The van der Waals surface area contributed by atoms with Crippen molar-refractivity contribution in [1.29, 1.82) is 0 Å². The molecule has 0 atom stereocenters. The summed E-state index contributed by atoms with van der Waals surface area (Å²) in [4.78, 5) is 15.0. The van der Waals surface area contributed by atoms with Gasteiger partial charge in [-0.3, -0.25) is 14.7 Å². The molecule has 1 aromatic heterocycles. The lowest BCUT2D eigenvalue weighted by atomic mass is 10.2. The van der Waals surface area contributed by atoms with Gasteiger partial charge in [0.15, 0.2) is 0 Å². The molecule has 0 saturated carbocycles. The van der Waals surface area contributed by atoms with Gasteiger partial charge >= 0.3 is 0 Å². The fraction of sp³-hybridized carbons (Fsp3) is 0.133. The van der Waals surface area contributed by atoms with E-state index in [1.807, 2.05) is 41.8 Å². The minimum atomic E-state index is -0.491. The van der Waals surface area contributed by atoms with Crippen LogP contribution in [0.4, 0.5) is 5.69 Å². The van der Waals surface area contributed by atoms with E-state index in [2.05, 4.69) is 4.98 Å². The van der Waals surface area contributed by atoms with Gasteiger partial charge in [-0.05, 0) is 18.2 Å². The number of hydrogen-bond acceptors (Lipinski definition) is 3. The first-order chi connectivity index (χ1) is 10.1. The highest BCUT2D eigenvalue weighted by Gasteiger charge is 2.18. The highest BCUT2D eigenvalue weighted by Crippen LogP contribution is 2.31. The van der Waals surface area contributed by atoms with Crippen LogP contribution in [0.25, 0.3) is 16.7 Å². The molecule has 0 aliphatic heterocycles. The van der Waals surface area contributed by atoms with E-state index in [1.54, 1.807) is 6.07 Å². The monoisotopic (exact) mass is 301 g/mol. The van der Waals surface area contributed by atoms with Gasteiger partial charge in [-0.1, -0.05) is 36.7 Å². The van der Waals surface area contributed by atoms with Gasteiger partial charge in [-0.25, -0.2) is 4.98 Å². The van der Waals surface area contributed by atoms with Crippen LogP contribution in [0, 0.1) is 10.1 Å². The molecule has 3 aromatic rings. The smallest absolute Gasteiger partial charge is 0.290 e. The van der Waals surface area contributed by atoms with E-state index in [0.29, 0.717) is 5.52 Å². The third kappa shape index (κ3) is 2.25. The lowest BCUT2D eigenvalue weighted by Crippen LogP contribution is -1.99. The Morgan fingerprint density at radius 3 is 2.62 bits per heavy atom. The van der Waals surface area contributed by atoms with Gasteiger partial charge in [0.1, 0.15) is 10.8 Å². The molecule has 5 nitrogen and oxygen atoms in total. The van der Waals surface area contributed by atoms with Crippen molar-refractivity contribution in [3.05, 3.63) is 63.4 Å². The van der Waals surface area contributed by atoms with E-state index in [9.17, 15) is 10.1 Å². The van der Waals surface area contributed by atoms with Crippen LogP contribution < -0.4 is 0 Å². The van der Waals surface area contributed by atoms with Crippen LogP contribution in [0.3, 0.4) is 0 Å². The maximum Gasteiger partial charge on any atom is 0.290 e. The Balaban J connectivity index is 2.34. The number of halogens is 1. The summed E-state index contributed by atoms with van der Waals surface area (Å²) >= 11 is 6.03. The van der Waals surface area contributed by atoms with Crippen molar-refractivity contribution in [2.45, 2.75) is 13.3 Å². The summed E-state index contributed by atoms with van der Waals surface area (Å²) in [6, 6.07) is 12.8. The average molecular weight is 302 g/mol. The molecule has 0 aliphatic carbocycles. The van der Waals surface area contributed by atoms with Crippen LogP contribution in [-0.2, 0) is 6.42 Å². The fourth-order valence-corrected chi connectivity index (χ4v) is 2.61. The van der Waals surface area contributed by atoms with Gasteiger partial charge in [-0.2, -0.15) is 0 Å². The molecular formula is C15H12ClN3O2.